The molecule has 0 aliphatic carbocycles. The third-order valence-electron chi connectivity index (χ3n) is 6.69. The van der Waals surface area contributed by atoms with Crippen molar-refractivity contribution in [1.82, 2.24) is 29.5 Å². The molecule has 2 aromatic heterocycles. The van der Waals surface area contributed by atoms with Crippen LogP contribution in [0.5, 0.6) is 0 Å². The molecule has 0 unspecified atom stereocenters. The summed E-state index contributed by atoms with van der Waals surface area (Å²) in [5.74, 6) is 1.33. The van der Waals surface area contributed by atoms with E-state index in [1.165, 1.54) is 0 Å². The number of aromatic nitrogens is 6. The quantitative estimate of drug-likeness (QED) is 0.318. The van der Waals surface area contributed by atoms with Crippen LogP contribution >= 0.6 is 0 Å². The lowest BCUT2D eigenvalue weighted by Gasteiger charge is -2.09. The van der Waals surface area contributed by atoms with Gasteiger partial charge in [0.15, 0.2) is 0 Å². The largest absolute Gasteiger partial charge is 0.347 e. The van der Waals surface area contributed by atoms with E-state index in [2.05, 4.69) is 20.4 Å². The zero-order chi connectivity index (χ0) is 26.6. The molecular weight excluding hydrogens is 488 g/mol. The van der Waals surface area contributed by atoms with E-state index in [9.17, 15) is 9.59 Å². The van der Waals surface area contributed by atoms with E-state index in [4.69, 9.17) is 0 Å². The molecule has 4 aromatic carbocycles. The Labute approximate surface area is 224 Å². The highest BCUT2D eigenvalue weighted by molar-refractivity contribution is 5.41. The Morgan fingerprint density at radius 1 is 0.462 bits per heavy atom. The second kappa shape index (κ2) is 10.6. The number of aromatic amines is 2. The summed E-state index contributed by atoms with van der Waals surface area (Å²) in [6.07, 6.45) is 1.83. The highest BCUT2D eigenvalue weighted by Crippen LogP contribution is 2.17. The Balaban J connectivity index is 1.18. The van der Waals surface area contributed by atoms with E-state index in [-0.39, 0.29) is 11.4 Å². The van der Waals surface area contributed by atoms with Gasteiger partial charge in [-0.1, -0.05) is 84.9 Å². The van der Waals surface area contributed by atoms with Crippen LogP contribution in [-0.2, 0) is 19.3 Å². The number of hydrogen-bond donors (Lipinski definition) is 2. The topological polar surface area (TPSA) is 101 Å². The fourth-order valence-electron chi connectivity index (χ4n) is 4.75. The Kier molecular flexibility index (Phi) is 6.57. The summed E-state index contributed by atoms with van der Waals surface area (Å²) < 4.78 is 3.22. The molecule has 0 aliphatic rings. The Hall–Kier alpha value is -5.24. The van der Waals surface area contributed by atoms with Crippen LogP contribution in [0.2, 0.25) is 0 Å². The van der Waals surface area contributed by atoms with Crippen LogP contribution < -0.4 is 11.4 Å². The van der Waals surface area contributed by atoms with Crippen LogP contribution in [0.4, 0.5) is 0 Å². The minimum atomic E-state index is -0.259. The van der Waals surface area contributed by atoms with Gasteiger partial charge in [-0.15, -0.1) is 0 Å². The SMILES string of the molecule is O=c1[nH]nc(Cc2ccccc2)n1-c1ccc(Cc2ccc(-n3c(Cc4ccccc4)n[nH]c3=O)cc2)cc1. The van der Waals surface area contributed by atoms with Gasteiger partial charge >= 0.3 is 11.4 Å². The molecule has 0 saturated carbocycles. The van der Waals surface area contributed by atoms with Gasteiger partial charge in [-0.2, -0.15) is 10.2 Å². The second-order valence-corrected chi connectivity index (χ2v) is 9.40. The minimum Gasteiger partial charge on any atom is -0.247 e. The molecule has 0 fully saturated rings. The van der Waals surface area contributed by atoms with Gasteiger partial charge in [-0.05, 0) is 52.9 Å². The number of H-pyrrole nitrogens is 2. The molecule has 0 amide bonds. The first-order valence-corrected chi connectivity index (χ1v) is 12.7. The molecular formula is C31H26N6O2. The normalized spacial score (nSPS) is 11.1. The zero-order valence-electron chi connectivity index (χ0n) is 21.1. The van der Waals surface area contributed by atoms with Gasteiger partial charge in [0.1, 0.15) is 11.6 Å². The Morgan fingerprint density at radius 3 is 1.21 bits per heavy atom. The molecule has 2 heterocycles. The first-order valence-electron chi connectivity index (χ1n) is 12.7. The van der Waals surface area contributed by atoms with E-state index < -0.39 is 0 Å². The molecule has 0 spiro atoms. The lowest BCUT2D eigenvalue weighted by atomic mass is 10.0. The summed E-state index contributed by atoms with van der Waals surface area (Å²) in [7, 11) is 0. The predicted octanol–water partition coefficient (Wildman–Crippen LogP) is 4.21. The first-order chi connectivity index (χ1) is 19.1. The molecule has 0 saturated heterocycles. The van der Waals surface area contributed by atoms with Crippen molar-refractivity contribution in [2.75, 3.05) is 0 Å². The Bertz CT molecular complexity index is 1660. The molecule has 8 nitrogen and oxygen atoms in total. The van der Waals surface area contributed by atoms with E-state index >= 15 is 0 Å². The van der Waals surface area contributed by atoms with Crippen molar-refractivity contribution in [1.29, 1.82) is 0 Å². The lowest BCUT2D eigenvalue weighted by Crippen LogP contribution is -2.17. The standard InChI is InChI=1S/C31H26N6O2/c38-30-34-32-28(20-22-7-3-1-4-8-22)36(30)26-15-11-24(12-16-26)19-25-13-17-27(18-14-25)37-29(33-35-31(37)39)21-23-9-5-2-6-10-23/h1-18H,19-21H2,(H,34,38)(H,35,39). The smallest absolute Gasteiger partial charge is 0.247 e. The molecule has 2 N–H and O–H groups in total. The van der Waals surface area contributed by atoms with E-state index in [0.717, 1.165) is 40.0 Å². The number of nitrogens with zero attached hydrogens (tertiary/aromatic N) is 4. The summed E-state index contributed by atoms with van der Waals surface area (Å²) in [4.78, 5) is 25.0. The van der Waals surface area contributed by atoms with Gasteiger partial charge < -0.3 is 0 Å². The minimum absolute atomic E-state index is 0.259. The van der Waals surface area contributed by atoms with Crippen molar-refractivity contribution < 1.29 is 0 Å². The van der Waals surface area contributed by atoms with Crippen LogP contribution in [0.15, 0.2) is 119 Å². The van der Waals surface area contributed by atoms with E-state index in [0.29, 0.717) is 24.5 Å². The van der Waals surface area contributed by atoms with Gasteiger partial charge in [0.05, 0.1) is 11.4 Å². The second-order valence-electron chi connectivity index (χ2n) is 9.40. The molecule has 0 radical (unpaired) electrons. The van der Waals surface area contributed by atoms with Gasteiger partial charge in [0.25, 0.3) is 0 Å². The average Bonchev–Trinajstić information content (AvgIpc) is 3.52. The maximum atomic E-state index is 12.5. The molecule has 6 rings (SSSR count). The summed E-state index contributed by atoms with van der Waals surface area (Å²) in [5, 5.41) is 13.6. The maximum absolute atomic E-state index is 12.5. The van der Waals surface area contributed by atoms with E-state index in [1.807, 2.05) is 109 Å². The lowest BCUT2D eigenvalue weighted by molar-refractivity contribution is 0.891. The third kappa shape index (κ3) is 5.26. The van der Waals surface area contributed by atoms with E-state index in [1.54, 1.807) is 9.13 Å². The van der Waals surface area contributed by atoms with Crippen molar-refractivity contribution in [2.45, 2.75) is 19.3 Å². The first kappa shape index (κ1) is 24.1. The van der Waals surface area contributed by atoms with Crippen LogP contribution in [0.3, 0.4) is 0 Å². The molecule has 8 heteroatoms. The number of nitrogens with one attached hydrogen (secondary N) is 2. The molecule has 6 aromatic rings. The van der Waals surface area contributed by atoms with Gasteiger partial charge in [0.2, 0.25) is 0 Å². The van der Waals surface area contributed by atoms with Crippen LogP contribution in [0.25, 0.3) is 11.4 Å². The van der Waals surface area contributed by atoms with Crippen LogP contribution in [0.1, 0.15) is 33.9 Å². The molecule has 192 valence electrons. The molecule has 39 heavy (non-hydrogen) atoms. The zero-order valence-corrected chi connectivity index (χ0v) is 21.1. The summed E-state index contributed by atoms with van der Waals surface area (Å²) >= 11 is 0. The molecule has 0 atom stereocenters. The van der Waals surface area contributed by atoms with Crippen molar-refractivity contribution in [3.63, 3.8) is 0 Å². The van der Waals surface area contributed by atoms with Crippen molar-refractivity contribution in [3.8, 4) is 11.4 Å². The monoisotopic (exact) mass is 514 g/mol. The number of benzene rings is 4. The van der Waals surface area contributed by atoms with Crippen molar-refractivity contribution in [3.05, 3.63) is 164 Å². The highest BCUT2D eigenvalue weighted by atomic mass is 16.2. The fourth-order valence-corrected chi connectivity index (χ4v) is 4.75. The maximum Gasteiger partial charge on any atom is 0.347 e. The summed E-state index contributed by atoms with van der Waals surface area (Å²) in [5.41, 5.74) is 5.41. The number of hydrogen-bond acceptors (Lipinski definition) is 4. The number of rotatable bonds is 8. The molecule has 0 aliphatic heterocycles. The molecule has 0 bridgehead atoms. The van der Waals surface area contributed by atoms with Gasteiger partial charge in [0, 0.05) is 12.8 Å². The summed E-state index contributed by atoms with van der Waals surface area (Å²) in [6.45, 7) is 0. The fraction of sp³-hybridized carbons (Fsp3) is 0.0968. The van der Waals surface area contributed by atoms with Crippen molar-refractivity contribution >= 4 is 0 Å². The van der Waals surface area contributed by atoms with Crippen LogP contribution in [-0.4, -0.2) is 29.5 Å². The summed E-state index contributed by atoms with van der Waals surface area (Å²) in [6, 6.07) is 35.8. The predicted molar refractivity (Wildman–Crippen MR) is 150 cm³/mol. The highest BCUT2D eigenvalue weighted by Gasteiger charge is 2.13. The van der Waals surface area contributed by atoms with Crippen LogP contribution in [0, 0.1) is 0 Å². The Morgan fingerprint density at radius 2 is 0.821 bits per heavy atom. The van der Waals surface area contributed by atoms with Gasteiger partial charge in [-0.25, -0.2) is 28.9 Å². The average molecular weight is 515 g/mol. The third-order valence-corrected chi connectivity index (χ3v) is 6.69. The van der Waals surface area contributed by atoms with Gasteiger partial charge in [-0.3, -0.25) is 0 Å². The van der Waals surface area contributed by atoms with Crippen molar-refractivity contribution in [2.24, 2.45) is 0 Å².